The topological polar surface area (TPSA) is 66.8 Å². The van der Waals surface area contributed by atoms with Gasteiger partial charge in [-0.1, -0.05) is 11.6 Å². The molecule has 0 bridgehead atoms. The minimum atomic E-state index is -0.868. The number of rotatable bonds is 3. The van der Waals surface area contributed by atoms with E-state index in [4.69, 9.17) is 21.4 Å². The van der Waals surface area contributed by atoms with E-state index in [-0.39, 0.29) is 24.3 Å². The first-order valence-electron chi connectivity index (χ1n) is 7.56. The highest BCUT2D eigenvalue weighted by Crippen LogP contribution is 2.31. The van der Waals surface area contributed by atoms with Crippen molar-refractivity contribution in [2.45, 2.75) is 18.9 Å². The van der Waals surface area contributed by atoms with E-state index in [1.165, 1.54) is 0 Å². The summed E-state index contributed by atoms with van der Waals surface area (Å²) in [5.41, 5.74) is 0.934. The van der Waals surface area contributed by atoms with Gasteiger partial charge in [-0.3, -0.25) is 9.59 Å². The molecule has 3 rings (SSSR count). The Morgan fingerprint density at radius 3 is 3.04 bits per heavy atom. The summed E-state index contributed by atoms with van der Waals surface area (Å²) in [7, 11) is 0. The summed E-state index contributed by atoms with van der Waals surface area (Å²) >= 11 is 7.71. The molecule has 1 N–H and O–H groups in total. The number of hydrogen-bond acceptors (Lipinski definition) is 4. The largest absolute Gasteiger partial charge is 0.492 e. The number of carboxylic acid groups (broad SMARTS) is 1. The Labute approximate surface area is 143 Å². The number of benzene rings is 1. The van der Waals surface area contributed by atoms with Crippen LogP contribution >= 0.6 is 23.4 Å². The summed E-state index contributed by atoms with van der Waals surface area (Å²) in [6.45, 7) is 0.928. The number of halogens is 1. The Morgan fingerprint density at radius 2 is 2.26 bits per heavy atom. The van der Waals surface area contributed by atoms with Gasteiger partial charge in [0.2, 0.25) is 5.91 Å². The molecule has 1 amide bonds. The standard InChI is InChI=1S/C16H18ClNO4S/c17-12-1-2-14-10(6-12)5-11(8-22-14)16(21)18-3-4-23-9-13(18)7-15(19)20/h1-2,6,11,13H,3-5,7-9H2,(H,19,20). The van der Waals surface area contributed by atoms with Crippen molar-refractivity contribution >= 4 is 35.2 Å². The number of aliphatic carboxylic acids is 1. The molecule has 7 heteroatoms. The van der Waals surface area contributed by atoms with Gasteiger partial charge in [0.05, 0.1) is 18.4 Å². The van der Waals surface area contributed by atoms with E-state index in [1.807, 2.05) is 12.1 Å². The molecule has 1 aromatic carbocycles. The van der Waals surface area contributed by atoms with Crippen LogP contribution in [0.4, 0.5) is 0 Å². The lowest BCUT2D eigenvalue weighted by Gasteiger charge is -2.38. The summed E-state index contributed by atoms with van der Waals surface area (Å²) in [6.07, 6.45) is 0.576. The number of fused-ring (bicyclic) bond motifs is 1. The van der Waals surface area contributed by atoms with Crippen molar-refractivity contribution in [1.29, 1.82) is 0 Å². The second-order valence-corrected chi connectivity index (χ2v) is 7.41. The molecule has 23 heavy (non-hydrogen) atoms. The maximum atomic E-state index is 12.9. The Bertz CT molecular complexity index is 624. The molecule has 1 saturated heterocycles. The fourth-order valence-electron chi connectivity index (χ4n) is 3.07. The Kier molecular flexibility index (Phi) is 5.02. The highest BCUT2D eigenvalue weighted by Gasteiger charge is 2.35. The van der Waals surface area contributed by atoms with Gasteiger partial charge in [-0.2, -0.15) is 11.8 Å². The van der Waals surface area contributed by atoms with Gasteiger partial charge in [-0.15, -0.1) is 0 Å². The quantitative estimate of drug-likeness (QED) is 0.901. The van der Waals surface area contributed by atoms with Crippen LogP contribution in [0.15, 0.2) is 18.2 Å². The molecule has 124 valence electrons. The number of hydrogen-bond donors (Lipinski definition) is 1. The van der Waals surface area contributed by atoms with Gasteiger partial charge in [0, 0.05) is 23.1 Å². The van der Waals surface area contributed by atoms with E-state index in [0.717, 1.165) is 17.1 Å². The van der Waals surface area contributed by atoms with Crippen molar-refractivity contribution in [1.82, 2.24) is 4.90 Å². The maximum Gasteiger partial charge on any atom is 0.305 e. The van der Waals surface area contributed by atoms with Gasteiger partial charge in [0.15, 0.2) is 0 Å². The fourth-order valence-corrected chi connectivity index (χ4v) is 4.33. The lowest BCUT2D eigenvalue weighted by Crippen LogP contribution is -2.51. The van der Waals surface area contributed by atoms with Gasteiger partial charge >= 0.3 is 5.97 Å². The van der Waals surface area contributed by atoms with Crippen molar-refractivity contribution < 1.29 is 19.4 Å². The third-order valence-corrected chi connectivity index (χ3v) is 5.53. The molecule has 0 spiro atoms. The molecule has 2 heterocycles. The van der Waals surface area contributed by atoms with Crippen LogP contribution in [0.25, 0.3) is 0 Å². The van der Waals surface area contributed by atoms with Crippen molar-refractivity contribution in [3.8, 4) is 5.75 Å². The van der Waals surface area contributed by atoms with Gasteiger partial charge < -0.3 is 14.7 Å². The second-order valence-electron chi connectivity index (χ2n) is 5.82. The minimum absolute atomic E-state index is 0.00523. The summed E-state index contributed by atoms with van der Waals surface area (Å²) in [4.78, 5) is 25.6. The SMILES string of the molecule is O=C(O)CC1CSCCN1C(=O)C1COc2ccc(Cl)cc2C1. The summed E-state index contributed by atoms with van der Waals surface area (Å²) in [6, 6.07) is 5.19. The number of nitrogens with zero attached hydrogens (tertiary/aromatic N) is 1. The molecule has 1 fully saturated rings. The van der Waals surface area contributed by atoms with Crippen LogP contribution in [-0.4, -0.2) is 52.6 Å². The molecule has 2 aliphatic heterocycles. The lowest BCUT2D eigenvalue weighted by atomic mass is 9.94. The molecule has 2 unspecified atom stereocenters. The van der Waals surface area contributed by atoms with E-state index in [9.17, 15) is 9.59 Å². The summed E-state index contributed by atoms with van der Waals surface area (Å²) in [5, 5.41) is 9.67. The van der Waals surface area contributed by atoms with Crippen LogP contribution in [0.3, 0.4) is 0 Å². The van der Waals surface area contributed by atoms with E-state index >= 15 is 0 Å². The van der Waals surface area contributed by atoms with Crippen LogP contribution in [0, 0.1) is 5.92 Å². The Hall–Kier alpha value is -1.40. The molecular weight excluding hydrogens is 338 g/mol. The smallest absolute Gasteiger partial charge is 0.305 e. The van der Waals surface area contributed by atoms with E-state index in [0.29, 0.717) is 30.3 Å². The third-order valence-electron chi connectivity index (χ3n) is 4.20. The number of carbonyl (C=O) groups is 2. The molecule has 1 aromatic rings. The minimum Gasteiger partial charge on any atom is -0.492 e. The molecule has 0 aromatic heterocycles. The molecule has 0 aliphatic carbocycles. The average Bonchev–Trinajstić information content (AvgIpc) is 2.53. The average molecular weight is 356 g/mol. The van der Waals surface area contributed by atoms with Crippen LogP contribution in [0.2, 0.25) is 5.02 Å². The maximum absolute atomic E-state index is 12.9. The third kappa shape index (κ3) is 3.75. The van der Waals surface area contributed by atoms with Crippen molar-refractivity contribution in [2.24, 2.45) is 5.92 Å². The number of carbonyl (C=O) groups excluding carboxylic acids is 1. The molecule has 2 aliphatic rings. The number of thioether (sulfide) groups is 1. The zero-order valence-electron chi connectivity index (χ0n) is 12.5. The van der Waals surface area contributed by atoms with Gasteiger partial charge in [0.1, 0.15) is 12.4 Å². The number of ether oxygens (including phenoxy) is 1. The summed E-state index contributed by atoms with van der Waals surface area (Å²) < 4.78 is 5.69. The number of carboxylic acids is 1. The van der Waals surface area contributed by atoms with E-state index < -0.39 is 5.97 Å². The van der Waals surface area contributed by atoms with Crippen molar-refractivity contribution in [3.05, 3.63) is 28.8 Å². The monoisotopic (exact) mass is 355 g/mol. The lowest BCUT2D eigenvalue weighted by molar-refractivity contribution is -0.142. The molecule has 0 saturated carbocycles. The molecule has 2 atom stereocenters. The van der Waals surface area contributed by atoms with Crippen LogP contribution in [0.5, 0.6) is 5.75 Å². The first-order chi connectivity index (χ1) is 11.0. The zero-order chi connectivity index (χ0) is 16.4. The second kappa shape index (κ2) is 7.01. The Morgan fingerprint density at radius 1 is 1.43 bits per heavy atom. The van der Waals surface area contributed by atoms with Gasteiger partial charge in [0.25, 0.3) is 0 Å². The van der Waals surface area contributed by atoms with Gasteiger partial charge in [-0.05, 0) is 30.2 Å². The Balaban J connectivity index is 1.73. The summed E-state index contributed by atoms with van der Waals surface area (Å²) in [5.74, 6) is 1.14. The van der Waals surface area contributed by atoms with Gasteiger partial charge in [-0.25, -0.2) is 0 Å². The zero-order valence-corrected chi connectivity index (χ0v) is 14.1. The van der Waals surface area contributed by atoms with Crippen LogP contribution in [0.1, 0.15) is 12.0 Å². The van der Waals surface area contributed by atoms with E-state index in [1.54, 1.807) is 22.7 Å². The molecular formula is C16H18ClNO4S. The highest BCUT2D eigenvalue weighted by molar-refractivity contribution is 7.99. The van der Waals surface area contributed by atoms with E-state index in [2.05, 4.69) is 0 Å². The first-order valence-corrected chi connectivity index (χ1v) is 9.09. The molecule has 0 radical (unpaired) electrons. The first kappa shape index (κ1) is 16.5. The highest BCUT2D eigenvalue weighted by atomic mass is 35.5. The predicted molar refractivity (Wildman–Crippen MR) is 89.2 cm³/mol. The normalized spacial score (nSPS) is 23.8. The van der Waals surface area contributed by atoms with Crippen LogP contribution < -0.4 is 4.74 Å². The number of amides is 1. The fraction of sp³-hybridized carbons (Fsp3) is 0.500. The molecule has 5 nitrogen and oxygen atoms in total. The predicted octanol–water partition coefficient (Wildman–Crippen LogP) is 2.31. The van der Waals surface area contributed by atoms with Crippen LogP contribution in [-0.2, 0) is 16.0 Å². The van der Waals surface area contributed by atoms with Crippen molar-refractivity contribution in [2.75, 3.05) is 24.7 Å². The van der Waals surface area contributed by atoms with Crippen molar-refractivity contribution in [3.63, 3.8) is 0 Å².